The largest absolute Gasteiger partial charge is 0.339 e. The van der Waals surface area contributed by atoms with Gasteiger partial charge in [0, 0.05) is 50.7 Å². The summed E-state index contributed by atoms with van der Waals surface area (Å²) in [6.07, 6.45) is 4.80. The van der Waals surface area contributed by atoms with Crippen molar-refractivity contribution < 1.29 is 24.1 Å². The second-order valence-electron chi connectivity index (χ2n) is 7.30. The van der Waals surface area contributed by atoms with Crippen molar-refractivity contribution in [3.05, 3.63) is 63.7 Å². The van der Waals surface area contributed by atoms with E-state index >= 15 is 0 Å². The number of carbonyl (C=O) groups is 4. The summed E-state index contributed by atoms with van der Waals surface area (Å²) in [5.41, 5.74) is -0.149. The van der Waals surface area contributed by atoms with Gasteiger partial charge in [-0.3, -0.25) is 39.2 Å². The molecule has 32 heavy (non-hydrogen) atoms. The van der Waals surface area contributed by atoms with Crippen LogP contribution in [-0.2, 0) is 4.79 Å². The van der Waals surface area contributed by atoms with E-state index in [0.717, 1.165) is 17.0 Å². The number of amides is 4. The van der Waals surface area contributed by atoms with Gasteiger partial charge in [0.05, 0.1) is 22.2 Å². The molecule has 0 atom stereocenters. The average molecular weight is 438 g/mol. The van der Waals surface area contributed by atoms with Gasteiger partial charge in [-0.25, -0.2) is 4.98 Å². The number of carbonyl (C=O) groups excluding carboxylic acids is 4. The van der Waals surface area contributed by atoms with Gasteiger partial charge in [0.15, 0.2) is 0 Å². The number of hydrogen-bond donors (Lipinski definition) is 0. The Labute approximate surface area is 181 Å². The zero-order valence-corrected chi connectivity index (χ0v) is 16.8. The van der Waals surface area contributed by atoms with Gasteiger partial charge in [-0.05, 0) is 12.5 Å². The van der Waals surface area contributed by atoms with Crippen LogP contribution in [0.15, 0.2) is 36.8 Å². The molecule has 0 unspecified atom stereocenters. The molecule has 0 spiro atoms. The molecular formula is C20H18N6O6. The standard InChI is InChI=1S/C20H18N6O6/c27-17(12-25-18(28)14-3-2-13(26(31)32)10-15(14)19(25)29)23-6-1-7-24(9-8-23)20(30)16-11-21-4-5-22-16/h2-5,10-11H,1,6-9,12H2. The van der Waals surface area contributed by atoms with Crippen LogP contribution in [0.4, 0.5) is 5.69 Å². The number of non-ortho nitro benzene ring substituents is 1. The molecule has 12 nitrogen and oxygen atoms in total. The van der Waals surface area contributed by atoms with Gasteiger partial charge in [-0.15, -0.1) is 0 Å². The highest BCUT2D eigenvalue weighted by molar-refractivity contribution is 6.22. The van der Waals surface area contributed by atoms with Crippen molar-refractivity contribution >= 4 is 29.3 Å². The normalized spacial score (nSPS) is 16.1. The smallest absolute Gasteiger partial charge is 0.274 e. The maximum absolute atomic E-state index is 12.8. The summed E-state index contributed by atoms with van der Waals surface area (Å²) < 4.78 is 0. The molecule has 2 aliphatic heterocycles. The van der Waals surface area contributed by atoms with Crippen LogP contribution in [0.25, 0.3) is 0 Å². The molecule has 4 amide bonds. The molecule has 1 saturated heterocycles. The van der Waals surface area contributed by atoms with E-state index in [1.807, 2.05) is 0 Å². The van der Waals surface area contributed by atoms with Gasteiger partial charge in [0.25, 0.3) is 23.4 Å². The number of nitro groups is 1. The van der Waals surface area contributed by atoms with Crippen molar-refractivity contribution in [1.82, 2.24) is 24.7 Å². The van der Waals surface area contributed by atoms with Crippen LogP contribution in [0.5, 0.6) is 0 Å². The molecule has 12 heteroatoms. The van der Waals surface area contributed by atoms with E-state index in [1.54, 1.807) is 4.90 Å². The maximum atomic E-state index is 12.8. The number of rotatable bonds is 4. The second-order valence-corrected chi connectivity index (χ2v) is 7.30. The molecule has 1 aromatic carbocycles. The molecule has 0 N–H and O–H groups in total. The Morgan fingerprint density at radius 3 is 2.44 bits per heavy atom. The minimum atomic E-state index is -0.740. The van der Waals surface area contributed by atoms with Crippen molar-refractivity contribution in [2.75, 3.05) is 32.7 Å². The van der Waals surface area contributed by atoms with Crippen molar-refractivity contribution in [3.63, 3.8) is 0 Å². The number of benzene rings is 1. The summed E-state index contributed by atoms with van der Waals surface area (Å²) in [7, 11) is 0. The third-order valence-electron chi connectivity index (χ3n) is 5.38. The number of hydrogen-bond acceptors (Lipinski definition) is 8. The molecule has 2 aromatic rings. The van der Waals surface area contributed by atoms with Gasteiger partial charge in [0.2, 0.25) is 5.91 Å². The van der Waals surface area contributed by atoms with Gasteiger partial charge in [-0.1, -0.05) is 0 Å². The van der Waals surface area contributed by atoms with E-state index in [4.69, 9.17) is 0 Å². The zero-order chi connectivity index (χ0) is 22.8. The molecule has 1 aromatic heterocycles. The first-order valence-electron chi connectivity index (χ1n) is 9.84. The lowest BCUT2D eigenvalue weighted by molar-refractivity contribution is -0.384. The highest BCUT2D eigenvalue weighted by Gasteiger charge is 2.38. The number of fused-ring (bicyclic) bond motifs is 1. The minimum absolute atomic E-state index is 0.0324. The lowest BCUT2D eigenvalue weighted by Gasteiger charge is -2.23. The Morgan fingerprint density at radius 1 is 1.00 bits per heavy atom. The third kappa shape index (κ3) is 3.89. The van der Waals surface area contributed by atoms with Gasteiger partial charge < -0.3 is 9.80 Å². The second kappa shape index (κ2) is 8.49. The Morgan fingerprint density at radius 2 is 1.72 bits per heavy atom. The summed E-state index contributed by atoms with van der Waals surface area (Å²) in [5.74, 6) is -2.13. The van der Waals surface area contributed by atoms with Crippen molar-refractivity contribution in [2.24, 2.45) is 0 Å². The van der Waals surface area contributed by atoms with Crippen LogP contribution >= 0.6 is 0 Å². The Balaban J connectivity index is 1.41. The van der Waals surface area contributed by atoms with E-state index < -0.39 is 29.2 Å². The Bertz CT molecular complexity index is 1120. The SMILES string of the molecule is O=C(CN1C(=O)c2ccc([N+](=O)[O-])cc2C1=O)N1CCCN(C(=O)c2cnccn2)CC1. The lowest BCUT2D eigenvalue weighted by atomic mass is 10.1. The van der Waals surface area contributed by atoms with Gasteiger partial charge in [0.1, 0.15) is 12.2 Å². The first-order valence-corrected chi connectivity index (χ1v) is 9.84. The number of aromatic nitrogens is 2. The summed E-state index contributed by atoms with van der Waals surface area (Å²) in [5, 5.41) is 11.0. The van der Waals surface area contributed by atoms with Crippen LogP contribution in [-0.4, -0.2) is 85.9 Å². The van der Waals surface area contributed by atoms with E-state index in [-0.39, 0.29) is 41.5 Å². The molecule has 0 saturated carbocycles. The Hall–Kier alpha value is -4.22. The molecule has 164 valence electrons. The molecule has 0 aliphatic carbocycles. The van der Waals surface area contributed by atoms with Crippen LogP contribution in [0.3, 0.4) is 0 Å². The summed E-state index contributed by atoms with van der Waals surface area (Å²) in [6, 6.07) is 3.41. The summed E-state index contributed by atoms with van der Waals surface area (Å²) in [4.78, 5) is 72.6. The van der Waals surface area contributed by atoms with Crippen LogP contribution < -0.4 is 0 Å². The minimum Gasteiger partial charge on any atom is -0.339 e. The molecule has 2 aliphatic rings. The van der Waals surface area contributed by atoms with E-state index in [0.29, 0.717) is 19.5 Å². The number of imide groups is 1. The molecule has 0 radical (unpaired) electrons. The zero-order valence-electron chi connectivity index (χ0n) is 16.8. The van der Waals surface area contributed by atoms with Crippen molar-refractivity contribution in [1.29, 1.82) is 0 Å². The van der Waals surface area contributed by atoms with E-state index in [9.17, 15) is 29.3 Å². The first-order chi connectivity index (χ1) is 15.4. The van der Waals surface area contributed by atoms with Crippen LogP contribution in [0, 0.1) is 10.1 Å². The highest BCUT2D eigenvalue weighted by atomic mass is 16.6. The monoisotopic (exact) mass is 438 g/mol. The molecule has 4 rings (SSSR count). The molecule has 0 bridgehead atoms. The third-order valence-corrected chi connectivity index (χ3v) is 5.38. The predicted octanol–water partition coefficient (Wildman–Crippen LogP) is 0.355. The first kappa shape index (κ1) is 21.0. The Kier molecular flexibility index (Phi) is 5.58. The highest BCUT2D eigenvalue weighted by Crippen LogP contribution is 2.26. The van der Waals surface area contributed by atoms with Gasteiger partial charge in [-0.2, -0.15) is 0 Å². The van der Waals surface area contributed by atoms with Crippen LogP contribution in [0.2, 0.25) is 0 Å². The van der Waals surface area contributed by atoms with Crippen molar-refractivity contribution in [3.8, 4) is 0 Å². The predicted molar refractivity (Wildman–Crippen MR) is 108 cm³/mol. The molecular weight excluding hydrogens is 420 g/mol. The molecule has 3 heterocycles. The summed E-state index contributed by atoms with van der Waals surface area (Å²) in [6.45, 7) is 0.820. The van der Waals surface area contributed by atoms with Gasteiger partial charge >= 0.3 is 0 Å². The number of nitro benzene ring substituents is 1. The fourth-order valence-electron chi connectivity index (χ4n) is 3.71. The van der Waals surface area contributed by atoms with Crippen LogP contribution in [0.1, 0.15) is 37.6 Å². The summed E-state index contributed by atoms with van der Waals surface area (Å²) >= 11 is 0. The van der Waals surface area contributed by atoms with Crippen molar-refractivity contribution in [2.45, 2.75) is 6.42 Å². The maximum Gasteiger partial charge on any atom is 0.274 e. The van der Waals surface area contributed by atoms with E-state index in [1.165, 1.54) is 29.6 Å². The van der Waals surface area contributed by atoms with E-state index in [2.05, 4.69) is 9.97 Å². The fourth-order valence-corrected chi connectivity index (χ4v) is 3.71. The fraction of sp³-hybridized carbons (Fsp3) is 0.300. The lowest BCUT2D eigenvalue weighted by Crippen LogP contribution is -2.44. The average Bonchev–Trinajstić information content (AvgIpc) is 2.97. The quantitative estimate of drug-likeness (QED) is 0.377. The number of nitrogens with zero attached hydrogens (tertiary/aromatic N) is 6. The topological polar surface area (TPSA) is 147 Å². The molecule has 1 fully saturated rings.